The number of benzene rings is 2. The zero-order valence-electron chi connectivity index (χ0n) is 15.6. The Morgan fingerprint density at radius 2 is 2.14 bits per heavy atom. The van der Waals surface area contributed by atoms with Gasteiger partial charge in [0.25, 0.3) is 11.6 Å². The highest BCUT2D eigenvalue weighted by molar-refractivity contribution is 7.16. The number of fused-ring (bicyclic) bond motifs is 1. The van der Waals surface area contributed by atoms with Gasteiger partial charge in [-0.1, -0.05) is 41.1 Å². The van der Waals surface area contributed by atoms with E-state index in [1.165, 1.54) is 35.6 Å². The average Bonchev–Trinajstić information content (AvgIpc) is 3.05. The molecule has 0 aliphatic rings. The van der Waals surface area contributed by atoms with Crippen LogP contribution in [-0.4, -0.2) is 28.6 Å². The van der Waals surface area contributed by atoms with Crippen molar-refractivity contribution >= 4 is 50.8 Å². The zero-order chi connectivity index (χ0) is 20.8. The summed E-state index contributed by atoms with van der Waals surface area (Å²) in [6, 6.07) is 11.6. The van der Waals surface area contributed by atoms with Crippen LogP contribution < -0.4 is 4.80 Å². The van der Waals surface area contributed by atoms with Gasteiger partial charge < -0.3 is 9.30 Å². The van der Waals surface area contributed by atoms with Crippen molar-refractivity contribution in [1.29, 1.82) is 0 Å². The van der Waals surface area contributed by atoms with Crippen LogP contribution in [0.25, 0.3) is 16.3 Å². The second-order valence-electron chi connectivity index (χ2n) is 5.96. The summed E-state index contributed by atoms with van der Waals surface area (Å²) in [4.78, 5) is 27.5. The lowest BCUT2D eigenvalue weighted by Crippen LogP contribution is -2.19. The van der Waals surface area contributed by atoms with E-state index in [0.29, 0.717) is 35.1 Å². The number of non-ortho nitro benzene ring substituents is 1. The van der Waals surface area contributed by atoms with Crippen molar-refractivity contribution in [3.8, 4) is 0 Å². The molecule has 1 heterocycles. The lowest BCUT2D eigenvalue weighted by molar-refractivity contribution is -0.384. The summed E-state index contributed by atoms with van der Waals surface area (Å²) in [5.74, 6) is -0.468. The van der Waals surface area contributed by atoms with Crippen LogP contribution in [0, 0.1) is 10.1 Å². The molecule has 0 saturated heterocycles. The van der Waals surface area contributed by atoms with E-state index in [4.69, 9.17) is 16.3 Å². The number of thiazole rings is 1. The Morgan fingerprint density at radius 3 is 2.90 bits per heavy atom. The maximum atomic E-state index is 12.4. The largest absolute Gasteiger partial charge is 0.380 e. The Hall–Kier alpha value is -2.81. The predicted molar refractivity (Wildman–Crippen MR) is 114 cm³/mol. The number of amides is 1. The van der Waals surface area contributed by atoms with Gasteiger partial charge in [0.15, 0.2) is 4.80 Å². The number of carbonyl (C=O) groups is 1. The maximum Gasteiger partial charge on any atom is 0.272 e. The van der Waals surface area contributed by atoms with Crippen molar-refractivity contribution in [2.75, 3.05) is 13.2 Å². The van der Waals surface area contributed by atoms with Crippen LogP contribution in [0.15, 0.2) is 53.5 Å². The van der Waals surface area contributed by atoms with Crippen LogP contribution in [0.5, 0.6) is 0 Å². The van der Waals surface area contributed by atoms with Crippen molar-refractivity contribution in [3.05, 3.63) is 74.0 Å². The van der Waals surface area contributed by atoms with Gasteiger partial charge in [-0.25, -0.2) is 0 Å². The van der Waals surface area contributed by atoms with Crippen LogP contribution in [0.4, 0.5) is 5.69 Å². The summed E-state index contributed by atoms with van der Waals surface area (Å²) in [7, 11) is 0. The van der Waals surface area contributed by atoms with E-state index in [-0.39, 0.29) is 5.69 Å². The molecule has 3 rings (SSSR count). The predicted octanol–water partition coefficient (Wildman–Crippen LogP) is 4.44. The molecule has 0 aliphatic heterocycles. The number of rotatable bonds is 7. The van der Waals surface area contributed by atoms with Crippen molar-refractivity contribution in [3.63, 3.8) is 0 Å². The first kappa shape index (κ1) is 20.9. The first-order valence-corrected chi connectivity index (χ1v) is 10.1. The van der Waals surface area contributed by atoms with Gasteiger partial charge >= 0.3 is 0 Å². The lowest BCUT2D eigenvalue weighted by atomic mass is 10.2. The van der Waals surface area contributed by atoms with Gasteiger partial charge in [-0.05, 0) is 30.7 Å². The van der Waals surface area contributed by atoms with Crippen molar-refractivity contribution in [2.45, 2.75) is 13.5 Å². The smallest absolute Gasteiger partial charge is 0.272 e. The van der Waals surface area contributed by atoms with Crippen LogP contribution >= 0.6 is 22.9 Å². The highest BCUT2D eigenvalue weighted by atomic mass is 35.5. The summed E-state index contributed by atoms with van der Waals surface area (Å²) < 4.78 is 8.23. The minimum absolute atomic E-state index is 0.0375. The minimum atomic E-state index is -0.480. The molecule has 1 amide bonds. The molecule has 0 saturated carbocycles. The van der Waals surface area contributed by atoms with Crippen LogP contribution in [0.2, 0.25) is 5.02 Å². The van der Waals surface area contributed by atoms with Gasteiger partial charge in [-0.15, -0.1) is 0 Å². The third-order valence-electron chi connectivity index (χ3n) is 4.02. The summed E-state index contributed by atoms with van der Waals surface area (Å²) in [5.41, 5.74) is 1.32. The lowest BCUT2D eigenvalue weighted by Gasteiger charge is -2.06. The Labute approximate surface area is 175 Å². The Morgan fingerprint density at radius 1 is 1.34 bits per heavy atom. The molecular formula is C20H18ClN3O4S. The number of carbonyl (C=O) groups excluding carboxylic acids is 1. The summed E-state index contributed by atoms with van der Waals surface area (Å²) in [6.07, 6.45) is 2.79. The summed E-state index contributed by atoms with van der Waals surface area (Å²) in [5, 5.41) is 11.4. The SMILES string of the molecule is CCOCCn1c(=NC(=O)C=Cc2cccc([N+](=O)[O-])c2)sc2cccc(Cl)c21. The Balaban J connectivity index is 1.93. The minimum Gasteiger partial charge on any atom is -0.380 e. The fourth-order valence-corrected chi connectivity index (χ4v) is 4.14. The van der Waals surface area contributed by atoms with E-state index in [2.05, 4.69) is 4.99 Å². The molecule has 0 bridgehead atoms. The monoisotopic (exact) mass is 431 g/mol. The van der Waals surface area contributed by atoms with E-state index < -0.39 is 10.8 Å². The molecule has 150 valence electrons. The van der Waals surface area contributed by atoms with E-state index >= 15 is 0 Å². The Kier molecular flexibility index (Phi) is 6.92. The number of ether oxygens (including phenoxy) is 1. The number of hydrogen-bond donors (Lipinski definition) is 0. The molecule has 0 radical (unpaired) electrons. The van der Waals surface area contributed by atoms with Crippen LogP contribution in [0.3, 0.4) is 0 Å². The summed E-state index contributed by atoms with van der Waals surface area (Å²) >= 11 is 7.72. The number of nitrogens with zero attached hydrogens (tertiary/aromatic N) is 3. The first-order valence-electron chi connectivity index (χ1n) is 8.86. The summed E-state index contributed by atoms with van der Waals surface area (Å²) in [6.45, 7) is 3.49. The fourth-order valence-electron chi connectivity index (χ4n) is 2.72. The molecule has 9 heteroatoms. The first-order chi connectivity index (χ1) is 14.0. The second kappa shape index (κ2) is 9.60. The molecule has 1 aromatic heterocycles. The van der Waals surface area contributed by atoms with Crippen molar-refractivity contribution in [2.24, 2.45) is 4.99 Å². The van der Waals surface area contributed by atoms with Gasteiger partial charge in [0.1, 0.15) is 0 Å². The van der Waals surface area contributed by atoms with E-state index in [1.807, 2.05) is 23.6 Å². The molecule has 0 unspecified atom stereocenters. The number of hydrogen-bond acceptors (Lipinski definition) is 5. The number of halogens is 1. The van der Waals surface area contributed by atoms with Gasteiger partial charge in [0.2, 0.25) is 0 Å². The highest BCUT2D eigenvalue weighted by Gasteiger charge is 2.10. The number of aromatic nitrogens is 1. The molecule has 3 aromatic rings. The number of nitro groups is 1. The Bertz CT molecular complexity index is 1150. The normalized spacial score (nSPS) is 12.1. The molecule has 7 nitrogen and oxygen atoms in total. The molecular weight excluding hydrogens is 414 g/mol. The topological polar surface area (TPSA) is 86.7 Å². The molecule has 0 N–H and O–H groups in total. The fraction of sp³-hybridized carbons (Fsp3) is 0.200. The van der Waals surface area contributed by atoms with Crippen LogP contribution in [0.1, 0.15) is 12.5 Å². The standard InChI is InChI=1S/C20H18ClN3O4S/c1-2-28-12-11-23-19-16(21)7-4-8-17(19)29-20(23)22-18(25)10-9-14-5-3-6-15(13-14)24(26)27/h3-10,13H,2,11-12H2,1H3. The van der Waals surface area contributed by atoms with Gasteiger partial charge in [-0.2, -0.15) is 4.99 Å². The van der Waals surface area contributed by atoms with Gasteiger partial charge in [0.05, 0.1) is 26.8 Å². The molecule has 0 spiro atoms. The molecule has 0 fully saturated rings. The van der Waals surface area contributed by atoms with Crippen molar-refractivity contribution < 1.29 is 14.5 Å². The van der Waals surface area contributed by atoms with Gasteiger partial charge in [0, 0.05) is 31.4 Å². The van der Waals surface area contributed by atoms with Crippen molar-refractivity contribution in [1.82, 2.24) is 4.57 Å². The molecule has 0 aliphatic carbocycles. The average molecular weight is 432 g/mol. The highest BCUT2D eigenvalue weighted by Crippen LogP contribution is 2.25. The van der Waals surface area contributed by atoms with E-state index in [1.54, 1.807) is 18.2 Å². The molecule has 2 aromatic carbocycles. The van der Waals surface area contributed by atoms with Gasteiger partial charge in [-0.3, -0.25) is 14.9 Å². The third-order valence-corrected chi connectivity index (χ3v) is 5.37. The van der Waals surface area contributed by atoms with E-state index in [0.717, 1.165) is 10.2 Å². The molecule has 0 atom stereocenters. The van der Waals surface area contributed by atoms with E-state index in [9.17, 15) is 14.9 Å². The zero-order valence-corrected chi connectivity index (χ0v) is 17.2. The maximum absolute atomic E-state index is 12.4. The van der Waals surface area contributed by atoms with Crippen LogP contribution in [-0.2, 0) is 16.1 Å². The second-order valence-corrected chi connectivity index (χ2v) is 7.37. The molecule has 29 heavy (non-hydrogen) atoms. The third kappa shape index (κ3) is 5.17. The number of para-hydroxylation sites is 1. The quantitative estimate of drug-likeness (QED) is 0.239. The number of nitro benzene ring substituents is 1.